The van der Waals surface area contributed by atoms with Gasteiger partial charge in [-0.1, -0.05) is 32.5 Å². The van der Waals surface area contributed by atoms with Crippen molar-refractivity contribution in [2.45, 2.75) is 36.1 Å². The van der Waals surface area contributed by atoms with Crippen LogP contribution in [0.15, 0.2) is 44.9 Å². The van der Waals surface area contributed by atoms with Crippen molar-refractivity contribution in [1.29, 1.82) is 0 Å². The average Bonchev–Trinajstić information content (AvgIpc) is 2.38. The molecule has 0 N–H and O–H groups in total. The van der Waals surface area contributed by atoms with Crippen LogP contribution in [0.2, 0.25) is 0 Å². The van der Waals surface area contributed by atoms with E-state index < -0.39 is 0 Å². The zero-order chi connectivity index (χ0) is 14.8. The first-order chi connectivity index (χ1) is 9.38. The normalized spacial score (nSPS) is 11.4. The summed E-state index contributed by atoms with van der Waals surface area (Å²) in [5.41, 5.74) is -0.0704. The molecular formula is C15H17BrN2OS. The SMILES string of the molecule is COc1ccc(Sc2cc(Br)nc(C(C)(C)C)n2)cc1. The molecule has 5 heteroatoms. The minimum atomic E-state index is -0.0704. The predicted molar refractivity (Wildman–Crippen MR) is 85.5 cm³/mol. The van der Waals surface area contributed by atoms with Gasteiger partial charge < -0.3 is 4.74 Å². The second-order valence-electron chi connectivity index (χ2n) is 5.38. The first kappa shape index (κ1) is 15.3. The average molecular weight is 353 g/mol. The summed E-state index contributed by atoms with van der Waals surface area (Å²) in [4.78, 5) is 10.2. The van der Waals surface area contributed by atoms with Gasteiger partial charge in [0.1, 0.15) is 21.2 Å². The van der Waals surface area contributed by atoms with Crippen molar-refractivity contribution in [2.75, 3.05) is 7.11 Å². The van der Waals surface area contributed by atoms with Crippen LogP contribution in [-0.4, -0.2) is 17.1 Å². The van der Waals surface area contributed by atoms with Crippen molar-refractivity contribution < 1.29 is 4.74 Å². The van der Waals surface area contributed by atoms with Crippen LogP contribution in [0.5, 0.6) is 5.75 Å². The lowest BCUT2D eigenvalue weighted by atomic mass is 9.96. The second kappa shape index (κ2) is 6.14. The molecule has 3 nitrogen and oxygen atoms in total. The quantitative estimate of drug-likeness (QED) is 0.750. The fourth-order valence-electron chi connectivity index (χ4n) is 1.55. The summed E-state index contributed by atoms with van der Waals surface area (Å²) in [7, 11) is 1.67. The Hall–Kier alpha value is -1.07. The summed E-state index contributed by atoms with van der Waals surface area (Å²) in [6.45, 7) is 6.32. The molecule has 0 saturated heterocycles. The Morgan fingerprint density at radius 1 is 1.10 bits per heavy atom. The largest absolute Gasteiger partial charge is 0.497 e. The maximum atomic E-state index is 5.16. The molecule has 0 bridgehead atoms. The zero-order valence-corrected chi connectivity index (χ0v) is 14.4. The van der Waals surface area contributed by atoms with Gasteiger partial charge in [0, 0.05) is 16.4 Å². The third-order valence-electron chi connectivity index (χ3n) is 2.62. The minimum Gasteiger partial charge on any atom is -0.497 e. The summed E-state index contributed by atoms with van der Waals surface area (Å²) < 4.78 is 5.97. The van der Waals surface area contributed by atoms with E-state index in [4.69, 9.17) is 4.74 Å². The Morgan fingerprint density at radius 2 is 1.75 bits per heavy atom. The van der Waals surface area contributed by atoms with Crippen molar-refractivity contribution in [3.8, 4) is 5.75 Å². The molecule has 0 saturated carbocycles. The van der Waals surface area contributed by atoms with Crippen LogP contribution in [0.25, 0.3) is 0 Å². The van der Waals surface area contributed by atoms with E-state index in [9.17, 15) is 0 Å². The standard InChI is InChI=1S/C15H17BrN2OS/c1-15(2,3)14-17-12(16)9-13(18-14)20-11-7-5-10(19-4)6-8-11/h5-9H,1-4H3. The highest BCUT2D eigenvalue weighted by Gasteiger charge is 2.19. The molecule has 0 aliphatic rings. The maximum Gasteiger partial charge on any atom is 0.136 e. The smallest absolute Gasteiger partial charge is 0.136 e. The van der Waals surface area contributed by atoms with Crippen LogP contribution in [0, 0.1) is 0 Å². The third kappa shape index (κ3) is 3.96. The van der Waals surface area contributed by atoms with E-state index in [0.717, 1.165) is 26.1 Å². The van der Waals surface area contributed by atoms with Gasteiger partial charge >= 0.3 is 0 Å². The number of rotatable bonds is 3. The highest BCUT2D eigenvalue weighted by Crippen LogP contribution is 2.30. The highest BCUT2D eigenvalue weighted by molar-refractivity contribution is 9.10. The molecule has 0 amide bonds. The van der Waals surface area contributed by atoms with Crippen LogP contribution in [0.1, 0.15) is 26.6 Å². The molecule has 2 rings (SSSR count). The Balaban J connectivity index is 2.26. The van der Waals surface area contributed by atoms with Crippen molar-refractivity contribution in [3.05, 3.63) is 40.8 Å². The Labute approximate surface area is 132 Å². The van der Waals surface area contributed by atoms with Crippen LogP contribution < -0.4 is 4.74 Å². The molecule has 20 heavy (non-hydrogen) atoms. The molecule has 1 aromatic heterocycles. The summed E-state index contributed by atoms with van der Waals surface area (Å²) in [6.07, 6.45) is 0. The predicted octanol–water partition coefficient (Wildman–Crippen LogP) is 4.70. The molecule has 0 atom stereocenters. The van der Waals surface area contributed by atoms with E-state index in [1.807, 2.05) is 30.3 Å². The van der Waals surface area contributed by atoms with Crippen molar-refractivity contribution in [1.82, 2.24) is 9.97 Å². The van der Waals surface area contributed by atoms with Crippen LogP contribution in [-0.2, 0) is 5.41 Å². The van der Waals surface area contributed by atoms with Crippen molar-refractivity contribution in [2.24, 2.45) is 0 Å². The topological polar surface area (TPSA) is 35.0 Å². The fourth-order valence-corrected chi connectivity index (χ4v) is 2.90. The van der Waals surface area contributed by atoms with E-state index >= 15 is 0 Å². The molecule has 2 aromatic rings. The summed E-state index contributed by atoms with van der Waals surface area (Å²) in [5, 5.41) is 0.932. The molecule has 0 aliphatic heterocycles. The molecule has 0 radical (unpaired) electrons. The molecular weight excluding hydrogens is 336 g/mol. The zero-order valence-electron chi connectivity index (χ0n) is 12.0. The van der Waals surface area contributed by atoms with E-state index in [2.05, 4.69) is 46.7 Å². The number of hydrogen-bond acceptors (Lipinski definition) is 4. The van der Waals surface area contributed by atoms with Gasteiger partial charge in [0.15, 0.2) is 0 Å². The number of hydrogen-bond donors (Lipinski definition) is 0. The molecule has 0 unspecified atom stereocenters. The lowest BCUT2D eigenvalue weighted by Crippen LogP contribution is -2.16. The van der Waals surface area contributed by atoms with Crippen LogP contribution in [0.4, 0.5) is 0 Å². The molecule has 0 fully saturated rings. The minimum absolute atomic E-state index is 0.0704. The molecule has 0 aliphatic carbocycles. The number of halogens is 1. The van der Waals surface area contributed by atoms with Crippen molar-refractivity contribution >= 4 is 27.7 Å². The number of ether oxygens (including phenoxy) is 1. The van der Waals surface area contributed by atoms with Gasteiger partial charge in [0.05, 0.1) is 7.11 Å². The monoisotopic (exact) mass is 352 g/mol. The number of aromatic nitrogens is 2. The Bertz CT molecular complexity index is 594. The fraction of sp³-hybridized carbons (Fsp3) is 0.333. The number of methoxy groups -OCH3 is 1. The van der Waals surface area contributed by atoms with Gasteiger partial charge in [0.2, 0.25) is 0 Å². The molecule has 0 spiro atoms. The Kier molecular flexibility index (Phi) is 4.70. The van der Waals surface area contributed by atoms with E-state index in [1.165, 1.54) is 0 Å². The number of nitrogens with zero attached hydrogens (tertiary/aromatic N) is 2. The van der Waals surface area contributed by atoms with Gasteiger partial charge in [-0.2, -0.15) is 0 Å². The molecule has 106 valence electrons. The first-order valence-corrected chi connectivity index (χ1v) is 7.86. The Morgan fingerprint density at radius 3 is 2.30 bits per heavy atom. The van der Waals surface area contributed by atoms with E-state index in [1.54, 1.807) is 18.9 Å². The van der Waals surface area contributed by atoms with Crippen LogP contribution >= 0.6 is 27.7 Å². The van der Waals surface area contributed by atoms with Gasteiger partial charge in [-0.25, -0.2) is 9.97 Å². The highest BCUT2D eigenvalue weighted by atomic mass is 79.9. The van der Waals surface area contributed by atoms with Gasteiger partial charge in [-0.15, -0.1) is 0 Å². The molecule has 1 heterocycles. The first-order valence-electron chi connectivity index (χ1n) is 6.25. The summed E-state index contributed by atoms with van der Waals surface area (Å²) in [5.74, 6) is 1.69. The summed E-state index contributed by atoms with van der Waals surface area (Å²) >= 11 is 5.07. The maximum absolute atomic E-state index is 5.16. The van der Waals surface area contributed by atoms with Gasteiger partial charge in [-0.3, -0.25) is 0 Å². The lowest BCUT2D eigenvalue weighted by molar-refractivity contribution is 0.414. The van der Waals surface area contributed by atoms with Gasteiger partial charge in [0.25, 0.3) is 0 Å². The lowest BCUT2D eigenvalue weighted by Gasteiger charge is -2.17. The number of benzene rings is 1. The second-order valence-corrected chi connectivity index (χ2v) is 7.29. The van der Waals surface area contributed by atoms with Crippen LogP contribution in [0.3, 0.4) is 0 Å². The van der Waals surface area contributed by atoms with Crippen molar-refractivity contribution in [3.63, 3.8) is 0 Å². The van der Waals surface area contributed by atoms with E-state index in [-0.39, 0.29) is 5.41 Å². The van der Waals surface area contributed by atoms with E-state index in [0.29, 0.717) is 0 Å². The third-order valence-corrected chi connectivity index (χ3v) is 3.96. The van der Waals surface area contributed by atoms with Gasteiger partial charge in [-0.05, 0) is 40.2 Å². The molecule has 1 aromatic carbocycles. The summed E-state index contributed by atoms with van der Waals surface area (Å²) in [6, 6.07) is 9.88.